The number of benzene rings is 1. The van der Waals surface area contributed by atoms with Gasteiger partial charge in [-0.1, -0.05) is 29.8 Å². The monoisotopic (exact) mass is 340 g/mol. The lowest BCUT2D eigenvalue weighted by molar-refractivity contribution is 0.0544. The molecule has 0 N–H and O–H groups in total. The minimum absolute atomic E-state index is 0.313. The molecule has 0 bridgehead atoms. The molecule has 1 aromatic heterocycles. The average molecular weight is 340 g/mol. The fourth-order valence-electron chi connectivity index (χ4n) is 3.37. The molecule has 0 spiro atoms. The first-order valence-corrected chi connectivity index (χ1v) is 9.04. The average Bonchev–Trinajstić information content (AvgIpc) is 2.90. The van der Waals surface area contributed by atoms with Crippen molar-refractivity contribution in [1.29, 1.82) is 0 Å². The molecule has 0 fully saturated rings. The number of aromatic nitrogens is 1. The molecule has 3 rings (SSSR count). The van der Waals surface area contributed by atoms with Gasteiger partial charge in [0, 0.05) is 31.2 Å². The molecule has 4 heteroatoms. The molecule has 0 saturated carbocycles. The minimum Gasteiger partial charge on any atom is -0.443 e. The topological polar surface area (TPSA) is 34.5 Å². The summed E-state index contributed by atoms with van der Waals surface area (Å²) >= 11 is 0. The second-order valence-electron chi connectivity index (χ2n) is 7.89. The highest BCUT2D eigenvalue weighted by Crippen LogP contribution is 2.24. The van der Waals surface area contributed by atoms with Gasteiger partial charge in [0.1, 0.15) is 5.60 Å². The molecule has 1 aliphatic heterocycles. The molecule has 0 unspecified atom stereocenters. The molecular weight excluding hydrogens is 312 g/mol. The molecule has 1 aliphatic rings. The molecule has 0 saturated heterocycles. The summed E-state index contributed by atoms with van der Waals surface area (Å²) in [5.41, 5.74) is 3.07. The zero-order valence-electron chi connectivity index (χ0n) is 15.7. The van der Waals surface area contributed by atoms with Gasteiger partial charge in [0.25, 0.3) is 0 Å². The van der Waals surface area contributed by atoms with Crippen molar-refractivity contribution in [2.75, 3.05) is 19.6 Å². The van der Waals surface area contributed by atoms with Gasteiger partial charge >= 0.3 is 6.09 Å². The van der Waals surface area contributed by atoms with E-state index in [1.54, 1.807) is 4.57 Å². The Balaban J connectivity index is 1.81. The first kappa shape index (κ1) is 17.7. The Morgan fingerprint density at radius 1 is 1.24 bits per heavy atom. The third-order valence-electron chi connectivity index (χ3n) is 4.49. The maximum atomic E-state index is 12.6. The molecule has 0 radical (unpaired) electrons. The van der Waals surface area contributed by atoms with Crippen LogP contribution in [0.2, 0.25) is 0 Å². The first-order valence-electron chi connectivity index (χ1n) is 9.04. The lowest BCUT2D eigenvalue weighted by atomic mass is 10.1. The van der Waals surface area contributed by atoms with Crippen LogP contribution in [0.3, 0.4) is 0 Å². The SMILES string of the molecule is CC1=CCCN(CCc2cn(C(=O)OC(C)(C)C)c3ccccc23)C1. The normalized spacial score (nSPS) is 16.1. The number of hydrogen-bond acceptors (Lipinski definition) is 3. The van der Waals surface area contributed by atoms with E-state index in [0.717, 1.165) is 43.4 Å². The Morgan fingerprint density at radius 2 is 2.00 bits per heavy atom. The lowest BCUT2D eigenvalue weighted by Crippen LogP contribution is -2.31. The number of nitrogens with zero attached hydrogens (tertiary/aromatic N) is 2. The number of hydrogen-bond donors (Lipinski definition) is 0. The smallest absolute Gasteiger partial charge is 0.419 e. The van der Waals surface area contributed by atoms with Crippen LogP contribution in [0.25, 0.3) is 10.9 Å². The number of carbonyl (C=O) groups excluding carboxylic acids is 1. The van der Waals surface area contributed by atoms with E-state index in [1.807, 2.05) is 45.2 Å². The van der Waals surface area contributed by atoms with E-state index in [-0.39, 0.29) is 6.09 Å². The van der Waals surface area contributed by atoms with E-state index in [1.165, 1.54) is 11.1 Å². The quantitative estimate of drug-likeness (QED) is 0.765. The van der Waals surface area contributed by atoms with Gasteiger partial charge in [-0.25, -0.2) is 4.79 Å². The Kier molecular flexibility index (Phi) is 5.00. The van der Waals surface area contributed by atoms with Crippen LogP contribution in [-0.2, 0) is 11.2 Å². The summed E-state index contributed by atoms with van der Waals surface area (Å²) in [6.07, 6.45) is 6.03. The van der Waals surface area contributed by atoms with Crippen molar-refractivity contribution in [2.24, 2.45) is 0 Å². The van der Waals surface area contributed by atoms with Gasteiger partial charge < -0.3 is 4.74 Å². The molecule has 25 heavy (non-hydrogen) atoms. The molecule has 4 nitrogen and oxygen atoms in total. The van der Waals surface area contributed by atoms with Crippen LogP contribution in [0.4, 0.5) is 4.79 Å². The Labute approximate surface area is 150 Å². The van der Waals surface area contributed by atoms with Crippen LogP contribution in [0, 0.1) is 0 Å². The summed E-state index contributed by atoms with van der Waals surface area (Å²) in [5.74, 6) is 0. The first-order chi connectivity index (χ1) is 11.8. The highest BCUT2D eigenvalue weighted by molar-refractivity contribution is 5.92. The van der Waals surface area contributed by atoms with Crippen molar-refractivity contribution < 1.29 is 9.53 Å². The molecule has 0 amide bonds. The van der Waals surface area contributed by atoms with Gasteiger partial charge in [0.15, 0.2) is 0 Å². The van der Waals surface area contributed by atoms with Crippen LogP contribution < -0.4 is 0 Å². The minimum atomic E-state index is -0.500. The summed E-state index contributed by atoms with van der Waals surface area (Å²) in [6.45, 7) is 11.0. The number of para-hydroxylation sites is 1. The Hall–Kier alpha value is -2.07. The van der Waals surface area contributed by atoms with Crippen LogP contribution in [-0.4, -0.2) is 40.8 Å². The Morgan fingerprint density at radius 3 is 2.72 bits per heavy atom. The van der Waals surface area contributed by atoms with Crippen LogP contribution >= 0.6 is 0 Å². The van der Waals surface area contributed by atoms with E-state index >= 15 is 0 Å². The van der Waals surface area contributed by atoms with E-state index < -0.39 is 5.60 Å². The van der Waals surface area contributed by atoms with E-state index in [4.69, 9.17) is 4.74 Å². The lowest BCUT2D eigenvalue weighted by Gasteiger charge is -2.25. The number of ether oxygens (including phenoxy) is 1. The van der Waals surface area contributed by atoms with Gasteiger partial charge in [-0.3, -0.25) is 9.47 Å². The van der Waals surface area contributed by atoms with Crippen molar-refractivity contribution in [2.45, 2.75) is 46.1 Å². The largest absolute Gasteiger partial charge is 0.443 e. The van der Waals surface area contributed by atoms with Crippen molar-refractivity contribution in [3.05, 3.63) is 47.7 Å². The third-order valence-corrected chi connectivity index (χ3v) is 4.49. The predicted octanol–water partition coefficient (Wildman–Crippen LogP) is 4.62. The molecule has 0 atom stereocenters. The van der Waals surface area contributed by atoms with Gasteiger partial charge in [0.05, 0.1) is 5.52 Å². The second-order valence-corrected chi connectivity index (χ2v) is 7.89. The highest BCUT2D eigenvalue weighted by Gasteiger charge is 2.21. The molecule has 1 aromatic carbocycles. The van der Waals surface area contributed by atoms with Gasteiger partial charge in [-0.2, -0.15) is 0 Å². The fraction of sp³-hybridized carbons (Fsp3) is 0.476. The predicted molar refractivity (Wildman–Crippen MR) is 102 cm³/mol. The van der Waals surface area contributed by atoms with E-state index in [2.05, 4.69) is 24.0 Å². The zero-order valence-corrected chi connectivity index (χ0v) is 15.7. The van der Waals surface area contributed by atoms with E-state index in [9.17, 15) is 4.79 Å². The van der Waals surface area contributed by atoms with Crippen molar-refractivity contribution in [3.8, 4) is 0 Å². The summed E-state index contributed by atoms with van der Waals surface area (Å²) in [4.78, 5) is 15.0. The molecule has 134 valence electrons. The van der Waals surface area contributed by atoms with E-state index in [0.29, 0.717) is 0 Å². The summed E-state index contributed by atoms with van der Waals surface area (Å²) in [6, 6.07) is 8.06. The standard InChI is InChI=1S/C21H28N2O2/c1-16-8-7-12-22(14-16)13-11-17-15-23(20(24)25-21(2,3)4)19-10-6-5-9-18(17)19/h5-6,8-10,15H,7,11-14H2,1-4H3. The van der Waals surface area contributed by atoms with Crippen LogP contribution in [0.15, 0.2) is 42.1 Å². The number of fused-ring (bicyclic) bond motifs is 1. The fourth-order valence-corrected chi connectivity index (χ4v) is 3.37. The summed E-state index contributed by atoms with van der Waals surface area (Å²) in [5, 5.41) is 1.14. The second kappa shape index (κ2) is 7.04. The van der Waals surface area contributed by atoms with Crippen LogP contribution in [0.1, 0.15) is 39.7 Å². The third kappa shape index (κ3) is 4.31. The molecule has 0 aliphatic carbocycles. The van der Waals surface area contributed by atoms with Gasteiger partial charge in [0.2, 0.25) is 0 Å². The summed E-state index contributed by atoms with van der Waals surface area (Å²) < 4.78 is 7.21. The zero-order chi connectivity index (χ0) is 18.0. The maximum absolute atomic E-state index is 12.6. The highest BCUT2D eigenvalue weighted by atomic mass is 16.6. The van der Waals surface area contributed by atoms with Crippen molar-refractivity contribution >= 4 is 17.0 Å². The van der Waals surface area contributed by atoms with Gasteiger partial charge in [-0.05, 0) is 52.2 Å². The van der Waals surface area contributed by atoms with Crippen molar-refractivity contribution in [3.63, 3.8) is 0 Å². The maximum Gasteiger partial charge on any atom is 0.419 e. The summed E-state index contributed by atoms with van der Waals surface area (Å²) in [7, 11) is 0. The number of rotatable bonds is 3. The van der Waals surface area contributed by atoms with Gasteiger partial charge in [-0.15, -0.1) is 0 Å². The number of carbonyl (C=O) groups is 1. The molecule has 2 heterocycles. The Bertz CT molecular complexity index is 796. The molecule has 2 aromatic rings. The molecular formula is C21H28N2O2. The van der Waals surface area contributed by atoms with Crippen molar-refractivity contribution in [1.82, 2.24) is 9.47 Å². The van der Waals surface area contributed by atoms with Crippen LogP contribution in [0.5, 0.6) is 0 Å².